The summed E-state index contributed by atoms with van der Waals surface area (Å²) >= 11 is 0. The monoisotopic (exact) mass is 388 g/mol. The van der Waals surface area contributed by atoms with Gasteiger partial charge in [-0.25, -0.2) is 0 Å². The van der Waals surface area contributed by atoms with E-state index in [1.807, 2.05) is 18.2 Å². The van der Waals surface area contributed by atoms with Crippen molar-refractivity contribution in [2.75, 3.05) is 0 Å². The summed E-state index contributed by atoms with van der Waals surface area (Å²) in [5.41, 5.74) is 2.22. The van der Waals surface area contributed by atoms with Gasteiger partial charge in [0.25, 0.3) is 0 Å². The Kier molecular flexibility index (Phi) is 7.38. The van der Waals surface area contributed by atoms with E-state index in [0.29, 0.717) is 22.6 Å². The molecule has 0 heterocycles. The Labute approximate surface area is 168 Å². The second-order valence-electron chi connectivity index (χ2n) is 9.83. The first-order chi connectivity index (χ1) is 12.6. The van der Waals surface area contributed by atoms with E-state index >= 15 is 0 Å². The third-order valence-corrected chi connectivity index (χ3v) is 10.7. The molecule has 0 aliphatic heterocycles. The first kappa shape index (κ1) is 22.2. The second-order valence-corrected chi connectivity index (χ2v) is 14.0. The molecular formula is C24H40O2Si. The molecule has 1 aliphatic rings. The van der Waals surface area contributed by atoms with Crippen molar-refractivity contribution >= 4 is 14.6 Å². The minimum Gasteiger partial charge on any atom is -0.519 e. The average molecular weight is 389 g/mol. The topological polar surface area (TPSA) is 18.5 Å². The summed E-state index contributed by atoms with van der Waals surface area (Å²) in [5.74, 6) is 1.72. The Balaban J connectivity index is 2.21. The van der Waals surface area contributed by atoms with Crippen LogP contribution in [0.3, 0.4) is 0 Å². The van der Waals surface area contributed by atoms with Gasteiger partial charge in [-0.2, -0.15) is 0 Å². The maximum absolute atomic E-state index is 6.95. The number of rotatable bonds is 7. The maximum Gasteiger partial charge on any atom is 0.404 e. The molecule has 1 aliphatic carbocycles. The lowest BCUT2D eigenvalue weighted by Gasteiger charge is -2.43. The van der Waals surface area contributed by atoms with Gasteiger partial charge in [0.05, 0.1) is 0 Å². The van der Waals surface area contributed by atoms with Crippen molar-refractivity contribution in [3.63, 3.8) is 0 Å². The van der Waals surface area contributed by atoms with Gasteiger partial charge >= 0.3 is 8.56 Å². The molecule has 0 atom stereocenters. The molecule has 0 amide bonds. The molecule has 2 rings (SSSR count). The SMILES string of the molecule is C=Cc1ccccc1O[Si](OC1CCC(C(C)(C)C)CC1)(C(C)C)C(C)C. The van der Waals surface area contributed by atoms with E-state index in [1.54, 1.807) is 0 Å². The molecule has 1 aromatic carbocycles. The van der Waals surface area contributed by atoms with Crippen LogP contribution in [-0.4, -0.2) is 14.7 Å². The van der Waals surface area contributed by atoms with Crippen LogP contribution in [0, 0.1) is 11.3 Å². The summed E-state index contributed by atoms with van der Waals surface area (Å²) in [6.07, 6.45) is 7.04. The molecule has 1 fully saturated rings. The van der Waals surface area contributed by atoms with Crippen molar-refractivity contribution in [1.29, 1.82) is 0 Å². The van der Waals surface area contributed by atoms with Gasteiger partial charge in [-0.05, 0) is 43.1 Å². The highest BCUT2D eigenvalue weighted by molar-refractivity contribution is 6.71. The Bertz CT molecular complexity index is 599. The molecule has 0 bridgehead atoms. The Morgan fingerprint density at radius 1 is 1.00 bits per heavy atom. The smallest absolute Gasteiger partial charge is 0.404 e. The Morgan fingerprint density at radius 2 is 1.56 bits per heavy atom. The summed E-state index contributed by atoms with van der Waals surface area (Å²) in [6.45, 7) is 20.1. The summed E-state index contributed by atoms with van der Waals surface area (Å²) in [6, 6.07) is 8.20. The standard InChI is InChI=1S/C24H40O2Si/c1-9-20-12-10-11-13-23(20)26-27(18(2)3,19(4)5)25-22-16-14-21(15-17-22)24(6,7)8/h9-13,18-19,21-22H,1,14-17H2,2-8H3. The minimum absolute atomic E-state index is 0.330. The second kappa shape index (κ2) is 8.96. The van der Waals surface area contributed by atoms with E-state index < -0.39 is 8.56 Å². The van der Waals surface area contributed by atoms with Crippen LogP contribution >= 0.6 is 0 Å². The lowest BCUT2D eigenvalue weighted by atomic mass is 9.72. The summed E-state index contributed by atoms with van der Waals surface area (Å²) in [4.78, 5) is 0. The predicted octanol–water partition coefficient (Wildman–Crippen LogP) is 7.59. The summed E-state index contributed by atoms with van der Waals surface area (Å²) in [7, 11) is -2.44. The fraction of sp³-hybridized carbons (Fsp3) is 0.667. The molecular weight excluding hydrogens is 348 g/mol. The highest BCUT2D eigenvalue weighted by Crippen LogP contribution is 2.43. The van der Waals surface area contributed by atoms with Crippen LogP contribution in [-0.2, 0) is 4.43 Å². The molecule has 2 nitrogen and oxygen atoms in total. The molecule has 1 saturated carbocycles. The van der Waals surface area contributed by atoms with Crippen molar-refractivity contribution in [2.45, 2.75) is 91.3 Å². The van der Waals surface area contributed by atoms with Gasteiger partial charge in [-0.3, -0.25) is 0 Å². The lowest BCUT2D eigenvalue weighted by Crippen LogP contribution is -2.54. The molecule has 0 saturated heterocycles. The zero-order valence-electron chi connectivity index (χ0n) is 18.5. The van der Waals surface area contributed by atoms with Crippen LogP contribution in [0.15, 0.2) is 30.8 Å². The molecule has 152 valence electrons. The Morgan fingerprint density at radius 3 is 2.04 bits per heavy atom. The van der Waals surface area contributed by atoms with Crippen molar-refractivity contribution in [1.82, 2.24) is 0 Å². The van der Waals surface area contributed by atoms with Crippen LogP contribution < -0.4 is 4.43 Å². The van der Waals surface area contributed by atoms with Crippen molar-refractivity contribution in [3.8, 4) is 5.75 Å². The van der Waals surface area contributed by atoms with Gasteiger partial charge in [-0.15, -0.1) is 0 Å². The van der Waals surface area contributed by atoms with Gasteiger partial charge in [0.2, 0.25) is 0 Å². The van der Waals surface area contributed by atoms with Crippen LogP contribution in [0.1, 0.15) is 79.7 Å². The van der Waals surface area contributed by atoms with Gasteiger partial charge < -0.3 is 8.85 Å². The highest BCUT2D eigenvalue weighted by atomic mass is 28.4. The largest absolute Gasteiger partial charge is 0.519 e. The van der Waals surface area contributed by atoms with E-state index in [4.69, 9.17) is 8.85 Å². The van der Waals surface area contributed by atoms with Crippen molar-refractivity contribution in [2.24, 2.45) is 11.3 Å². The quantitative estimate of drug-likeness (QED) is 0.448. The fourth-order valence-corrected chi connectivity index (χ4v) is 8.10. The van der Waals surface area contributed by atoms with Crippen LogP contribution in [0.25, 0.3) is 6.08 Å². The lowest BCUT2D eigenvalue weighted by molar-refractivity contribution is 0.0617. The molecule has 0 N–H and O–H groups in total. The molecule has 3 heteroatoms. The van der Waals surface area contributed by atoms with E-state index in [1.165, 1.54) is 12.8 Å². The van der Waals surface area contributed by atoms with Crippen molar-refractivity contribution < 1.29 is 8.85 Å². The number of hydrogen-bond acceptors (Lipinski definition) is 2. The average Bonchev–Trinajstić information content (AvgIpc) is 2.60. The van der Waals surface area contributed by atoms with E-state index in [9.17, 15) is 0 Å². The van der Waals surface area contributed by atoms with Crippen LogP contribution in [0.2, 0.25) is 11.1 Å². The van der Waals surface area contributed by atoms with E-state index in [2.05, 4.69) is 67.2 Å². The van der Waals surface area contributed by atoms with E-state index in [0.717, 1.165) is 30.1 Å². The zero-order valence-corrected chi connectivity index (χ0v) is 19.5. The van der Waals surface area contributed by atoms with Gasteiger partial charge in [0, 0.05) is 22.7 Å². The predicted molar refractivity (Wildman–Crippen MR) is 119 cm³/mol. The minimum atomic E-state index is -2.44. The van der Waals surface area contributed by atoms with Gasteiger partial charge in [0.1, 0.15) is 5.75 Å². The van der Waals surface area contributed by atoms with Gasteiger partial charge in [0.15, 0.2) is 0 Å². The molecule has 0 spiro atoms. The normalized spacial score (nSPS) is 21.5. The third kappa shape index (κ3) is 5.26. The number of benzene rings is 1. The number of hydrogen-bond donors (Lipinski definition) is 0. The summed E-state index contributed by atoms with van der Waals surface area (Å²) in [5, 5.41) is 0. The van der Waals surface area contributed by atoms with E-state index in [-0.39, 0.29) is 0 Å². The van der Waals surface area contributed by atoms with Crippen molar-refractivity contribution in [3.05, 3.63) is 36.4 Å². The molecule has 27 heavy (non-hydrogen) atoms. The zero-order chi connectivity index (χ0) is 20.2. The van der Waals surface area contributed by atoms with Crippen LogP contribution in [0.4, 0.5) is 0 Å². The maximum atomic E-state index is 6.95. The van der Waals surface area contributed by atoms with Crippen LogP contribution in [0.5, 0.6) is 5.75 Å². The molecule has 0 unspecified atom stereocenters. The highest BCUT2D eigenvalue weighted by Gasteiger charge is 2.49. The van der Waals surface area contributed by atoms with Gasteiger partial charge in [-0.1, -0.05) is 79.3 Å². The first-order valence-electron chi connectivity index (χ1n) is 10.7. The molecule has 0 aromatic heterocycles. The number of para-hydroxylation sites is 1. The first-order valence-corrected chi connectivity index (χ1v) is 12.7. The molecule has 1 aromatic rings. The fourth-order valence-electron chi connectivity index (χ4n) is 4.42. The molecule has 0 radical (unpaired) electrons. The Hall–Kier alpha value is -1.06. The third-order valence-electron chi connectivity index (χ3n) is 6.27. The summed E-state index contributed by atoms with van der Waals surface area (Å²) < 4.78 is 13.7.